The lowest BCUT2D eigenvalue weighted by atomic mass is 9.89. The van der Waals surface area contributed by atoms with Gasteiger partial charge in [-0.3, -0.25) is 9.48 Å². The standard InChI is InChI=1S/C28H32ClF2N5O3/c1-35-13-32-24(25(35)27(38)33-18-4-6-21(30)20(29)10-18)15-7-16-11-28(39,12-17(16)8-15)26-22(31)23(34-36(26)2)14-3-5-19(37)9-14/h4,6,10,13-17,19,37,39H,3,5,7-9,11-12H2,1-2H3,(H,33,38). The van der Waals surface area contributed by atoms with Gasteiger partial charge < -0.3 is 20.1 Å². The first-order valence-corrected chi connectivity index (χ1v) is 13.8. The quantitative estimate of drug-likeness (QED) is 0.418. The predicted molar refractivity (Wildman–Crippen MR) is 140 cm³/mol. The Hall–Kier alpha value is -2.82. The van der Waals surface area contributed by atoms with Gasteiger partial charge in [-0.25, -0.2) is 13.8 Å². The van der Waals surface area contributed by atoms with Crippen molar-refractivity contribution < 1.29 is 23.8 Å². The van der Waals surface area contributed by atoms with E-state index >= 15 is 4.39 Å². The lowest BCUT2D eigenvalue weighted by Crippen LogP contribution is -2.27. The number of carbonyl (C=O) groups excluding carboxylic acids is 1. The average Bonchev–Trinajstić information content (AvgIpc) is 3.66. The molecular formula is C28H32ClF2N5O3. The molecule has 2 heterocycles. The van der Waals surface area contributed by atoms with E-state index in [0.29, 0.717) is 54.9 Å². The van der Waals surface area contributed by atoms with Crippen LogP contribution >= 0.6 is 11.6 Å². The number of aromatic nitrogens is 4. The number of aliphatic hydroxyl groups is 2. The molecule has 4 unspecified atom stereocenters. The van der Waals surface area contributed by atoms with Crippen molar-refractivity contribution in [2.24, 2.45) is 25.9 Å². The molecule has 0 aliphatic heterocycles. The van der Waals surface area contributed by atoms with Gasteiger partial charge in [-0.1, -0.05) is 11.6 Å². The molecule has 8 nitrogen and oxygen atoms in total. The second kappa shape index (κ2) is 9.67. The number of aryl methyl sites for hydroxylation is 2. The van der Waals surface area contributed by atoms with Crippen molar-refractivity contribution in [3.63, 3.8) is 0 Å². The highest BCUT2D eigenvalue weighted by Gasteiger charge is 2.53. The molecule has 0 radical (unpaired) electrons. The van der Waals surface area contributed by atoms with Crippen molar-refractivity contribution in [3.05, 3.63) is 64.0 Å². The third kappa shape index (κ3) is 4.56. The molecule has 0 spiro atoms. The van der Waals surface area contributed by atoms with Gasteiger partial charge in [0.15, 0.2) is 5.82 Å². The molecule has 3 N–H and O–H groups in total. The second-order valence-electron chi connectivity index (χ2n) is 11.6. The summed E-state index contributed by atoms with van der Waals surface area (Å²) in [4.78, 5) is 17.7. The highest BCUT2D eigenvalue weighted by molar-refractivity contribution is 6.31. The van der Waals surface area contributed by atoms with Crippen molar-refractivity contribution in [2.45, 2.75) is 68.5 Å². The zero-order chi connectivity index (χ0) is 27.6. The number of imidazole rings is 1. The smallest absolute Gasteiger partial charge is 0.274 e. The summed E-state index contributed by atoms with van der Waals surface area (Å²) in [5, 5.41) is 28.7. The maximum atomic E-state index is 15.6. The van der Waals surface area contributed by atoms with Crippen LogP contribution in [-0.4, -0.2) is 41.6 Å². The molecule has 1 aromatic carbocycles. The number of amides is 1. The minimum atomic E-state index is -1.31. The van der Waals surface area contributed by atoms with E-state index in [1.165, 1.54) is 22.9 Å². The van der Waals surface area contributed by atoms with Gasteiger partial charge >= 0.3 is 0 Å². The lowest BCUT2D eigenvalue weighted by Gasteiger charge is -2.25. The molecule has 208 valence electrons. The molecule has 0 bridgehead atoms. The van der Waals surface area contributed by atoms with Gasteiger partial charge in [-0.15, -0.1) is 0 Å². The molecule has 3 fully saturated rings. The van der Waals surface area contributed by atoms with E-state index in [-0.39, 0.29) is 40.3 Å². The number of nitrogens with zero attached hydrogens (tertiary/aromatic N) is 4. The van der Waals surface area contributed by atoms with Gasteiger partial charge in [0.25, 0.3) is 5.91 Å². The fourth-order valence-corrected chi connectivity index (χ4v) is 7.54. The van der Waals surface area contributed by atoms with Gasteiger partial charge in [0.2, 0.25) is 0 Å². The van der Waals surface area contributed by atoms with E-state index in [9.17, 15) is 19.4 Å². The van der Waals surface area contributed by atoms with Crippen LogP contribution in [-0.2, 0) is 19.7 Å². The zero-order valence-electron chi connectivity index (χ0n) is 21.9. The molecule has 3 aromatic rings. The Bertz CT molecular complexity index is 1420. The lowest BCUT2D eigenvalue weighted by molar-refractivity contribution is 0.0227. The monoisotopic (exact) mass is 559 g/mol. The van der Waals surface area contributed by atoms with Gasteiger partial charge in [-0.2, -0.15) is 5.10 Å². The maximum absolute atomic E-state index is 15.6. The molecular weight excluding hydrogens is 528 g/mol. The molecule has 11 heteroatoms. The minimum Gasteiger partial charge on any atom is -0.393 e. The first-order chi connectivity index (χ1) is 18.5. The SMILES string of the molecule is Cn1cnc(C2CC3CC(O)(c4c(F)c(C5CCC(O)C5)nn4C)CC3C2)c1C(=O)Nc1ccc(F)c(Cl)c1. The molecule has 39 heavy (non-hydrogen) atoms. The van der Waals surface area contributed by atoms with E-state index in [1.807, 2.05) is 0 Å². The number of benzene rings is 1. The molecule has 2 aromatic heterocycles. The number of carbonyl (C=O) groups is 1. The summed E-state index contributed by atoms with van der Waals surface area (Å²) in [6.45, 7) is 0. The molecule has 0 saturated heterocycles. The molecule has 3 saturated carbocycles. The van der Waals surface area contributed by atoms with Crippen molar-refractivity contribution in [3.8, 4) is 0 Å². The van der Waals surface area contributed by atoms with Gasteiger partial charge in [-0.05, 0) is 75.0 Å². The van der Waals surface area contributed by atoms with E-state index in [4.69, 9.17) is 11.6 Å². The highest BCUT2D eigenvalue weighted by atomic mass is 35.5. The van der Waals surface area contributed by atoms with E-state index in [0.717, 1.165) is 12.8 Å². The van der Waals surface area contributed by atoms with Crippen LogP contribution in [0.5, 0.6) is 0 Å². The summed E-state index contributed by atoms with van der Waals surface area (Å²) in [6, 6.07) is 4.02. The normalized spacial score (nSPS) is 30.2. The number of hydrogen-bond donors (Lipinski definition) is 3. The number of rotatable bonds is 5. The van der Waals surface area contributed by atoms with E-state index in [1.54, 1.807) is 25.0 Å². The Morgan fingerprint density at radius 3 is 2.46 bits per heavy atom. The summed E-state index contributed by atoms with van der Waals surface area (Å²) >= 11 is 5.87. The van der Waals surface area contributed by atoms with Gasteiger partial charge in [0.1, 0.15) is 28.5 Å². The Morgan fingerprint density at radius 2 is 1.82 bits per heavy atom. The Labute approximate surface area is 230 Å². The van der Waals surface area contributed by atoms with Gasteiger partial charge in [0.05, 0.1) is 23.1 Å². The molecule has 3 aliphatic carbocycles. The van der Waals surface area contributed by atoms with Crippen molar-refractivity contribution in [1.29, 1.82) is 0 Å². The number of anilines is 1. The topological polar surface area (TPSA) is 105 Å². The number of halogens is 3. The highest BCUT2D eigenvalue weighted by Crippen LogP contribution is 2.57. The summed E-state index contributed by atoms with van der Waals surface area (Å²) in [7, 11) is 3.43. The number of fused-ring (bicyclic) bond motifs is 1. The Kier molecular flexibility index (Phi) is 6.55. The molecule has 6 rings (SSSR count). The van der Waals surface area contributed by atoms with Crippen LogP contribution < -0.4 is 5.32 Å². The fraction of sp³-hybridized carbons (Fsp3) is 0.536. The molecule has 4 atom stereocenters. The van der Waals surface area contributed by atoms with Crippen LogP contribution in [0.2, 0.25) is 5.02 Å². The first kappa shape index (κ1) is 26.4. The summed E-state index contributed by atoms with van der Waals surface area (Å²) in [6.07, 6.45) is 5.29. The second-order valence-corrected chi connectivity index (χ2v) is 12.0. The number of nitrogens with one attached hydrogen (secondary N) is 1. The third-order valence-electron chi connectivity index (χ3n) is 9.03. The van der Waals surface area contributed by atoms with Crippen LogP contribution in [0.25, 0.3) is 0 Å². The van der Waals surface area contributed by atoms with Crippen LogP contribution in [0.15, 0.2) is 24.5 Å². The maximum Gasteiger partial charge on any atom is 0.274 e. The molecule has 3 aliphatic rings. The predicted octanol–water partition coefficient (Wildman–Crippen LogP) is 4.76. The first-order valence-electron chi connectivity index (χ1n) is 13.4. The number of aliphatic hydroxyl groups excluding tert-OH is 1. The fourth-order valence-electron chi connectivity index (χ4n) is 7.36. The molecule has 1 amide bonds. The number of hydrogen-bond acceptors (Lipinski definition) is 5. The Morgan fingerprint density at radius 1 is 1.10 bits per heavy atom. The average molecular weight is 560 g/mol. The zero-order valence-corrected chi connectivity index (χ0v) is 22.6. The minimum absolute atomic E-state index is 0.0234. The van der Waals surface area contributed by atoms with E-state index < -0.39 is 23.3 Å². The van der Waals surface area contributed by atoms with Crippen molar-refractivity contribution in [1.82, 2.24) is 19.3 Å². The third-order valence-corrected chi connectivity index (χ3v) is 9.32. The Balaban J connectivity index is 1.18. The van der Waals surface area contributed by atoms with E-state index in [2.05, 4.69) is 15.4 Å². The summed E-state index contributed by atoms with van der Waals surface area (Å²) < 4.78 is 32.3. The van der Waals surface area contributed by atoms with Crippen LogP contribution in [0.4, 0.5) is 14.5 Å². The summed E-state index contributed by atoms with van der Waals surface area (Å²) in [5.74, 6) is -1.17. The van der Waals surface area contributed by atoms with Crippen LogP contribution in [0.1, 0.15) is 84.4 Å². The van der Waals surface area contributed by atoms with Crippen LogP contribution in [0.3, 0.4) is 0 Å². The van der Waals surface area contributed by atoms with Crippen molar-refractivity contribution >= 4 is 23.2 Å². The largest absolute Gasteiger partial charge is 0.393 e. The summed E-state index contributed by atoms with van der Waals surface area (Å²) in [5.41, 5.74) is 0.774. The van der Waals surface area contributed by atoms with Gasteiger partial charge in [0, 0.05) is 31.6 Å². The van der Waals surface area contributed by atoms with Crippen LogP contribution in [0, 0.1) is 23.5 Å². The van der Waals surface area contributed by atoms with Crippen molar-refractivity contribution in [2.75, 3.05) is 5.32 Å².